The lowest BCUT2D eigenvalue weighted by atomic mass is 10.0. The maximum atomic E-state index is 12.8. The van der Waals surface area contributed by atoms with Gasteiger partial charge in [0.1, 0.15) is 6.04 Å². The number of halogens is 1. The number of rotatable bonds is 5. The average Bonchev–Trinajstić information content (AvgIpc) is 2.54. The molecule has 1 aromatic rings. The first-order valence-electron chi connectivity index (χ1n) is 8.40. The van der Waals surface area contributed by atoms with Crippen molar-refractivity contribution in [1.82, 2.24) is 15.1 Å². The van der Waals surface area contributed by atoms with Gasteiger partial charge in [-0.15, -0.1) is 0 Å². The van der Waals surface area contributed by atoms with Gasteiger partial charge in [-0.05, 0) is 43.7 Å². The second-order valence-electron chi connectivity index (χ2n) is 6.79. The third kappa shape index (κ3) is 5.21. The van der Waals surface area contributed by atoms with Gasteiger partial charge in [-0.3, -0.25) is 9.59 Å². The van der Waals surface area contributed by atoms with Gasteiger partial charge in [-0.1, -0.05) is 25.4 Å². The van der Waals surface area contributed by atoms with Crippen LogP contribution in [0.3, 0.4) is 0 Å². The second-order valence-corrected chi connectivity index (χ2v) is 7.23. The minimum absolute atomic E-state index is 0.0131. The van der Waals surface area contributed by atoms with Crippen molar-refractivity contribution >= 4 is 23.4 Å². The maximum absolute atomic E-state index is 12.8. The highest BCUT2D eigenvalue weighted by Gasteiger charge is 2.28. The molecule has 1 heterocycles. The molecule has 24 heavy (non-hydrogen) atoms. The van der Waals surface area contributed by atoms with E-state index >= 15 is 0 Å². The average molecular weight is 352 g/mol. The molecule has 5 nitrogen and oxygen atoms in total. The first kappa shape index (κ1) is 18.7. The number of carbonyl (C=O) groups is 2. The van der Waals surface area contributed by atoms with Crippen LogP contribution >= 0.6 is 11.6 Å². The number of carbonyl (C=O) groups excluding carboxylic acids is 2. The van der Waals surface area contributed by atoms with Crippen molar-refractivity contribution < 1.29 is 9.59 Å². The lowest BCUT2D eigenvalue weighted by Crippen LogP contribution is -2.54. The van der Waals surface area contributed by atoms with Gasteiger partial charge in [0.15, 0.2) is 0 Å². The molecule has 0 saturated carbocycles. The highest BCUT2D eigenvalue weighted by atomic mass is 35.5. The predicted molar refractivity (Wildman–Crippen MR) is 96.2 cm³/mol. The zero-order valence-electron chi connectivity index (χ0n) is 14.6. The number of benzene rings is 1. The second kappa shape index (κ2) is 8.49. The fourth-order valence-electron chi connectivity index (χ4n) is 2.78. The quantitative estimate of drug-likeness (QED) is 0.885. The van der Waals surface area contributed by atoms with E-state index in [9.17, 15) is 9.59 Å². The molecule has 2 rings (SSSR count). The van der Waals surface area contributed by atoms with Crippen molar-refractivity contribution in [2.75, 3.05) is 33.2 Å². The molecular weight excluding hydrogens is 326 g/mol. The number of likely N-dealkylation sites (N-methyl/N-ethyl adjacent to an activating group) is 1. The molecule has 0 radical (unpaired) electrons. The molecule has 0 spiro atoms. The Labute approximate surface area is 149 Å². The smallest absolute Gasteiger partial charge is 0.251 e. The minimum atomic E-state index is -0.489. The van der Waals surface area contributed by atoms with E-state index in [1.165, 1.54) is 0 Å². The largest absolute Gasteiger partial charge is 0.340 e. The molecule has 0 aliphatic carbocycles. The summed E-state index contributed by atoms with van der Waals surface area (Å²) >= 11 is 5.86. The van der Waals surface area contributed by atoms with Crippen LogP contribution in [-0.2, 0) is 4.79 Å². The summed E-state index contributed by atoms with van der Waals surface area (Å²) in [5, 5.41) is 3.49. The topological polar surface area (TPSA) is 52.7 Å². The number of nitrogens with one attached hydrogen (secondary N) is 1. The predicted octanol–water partition coefficient (Wildman–Crippen LogP) is 2.26. The van der Waals surface area contributed by atoms with Gasteiger partial charge in [-0.2, -0.15) is 0 Å². The van der Waals surface area contributed by atoms with Crippen LogP contribution in [0, 0.1) is 5.92 Å². The van der Waals surface area contributed by atoms with E-state index in [0.29, 0.717) is 36.0 Å². The van der Waals surface area contributed by atoms with E-state index < -0.39 is 6.04 Å². The Balaban J connectivity index is 2.05. The standard InChI is InChI=1S/C18H26ClN3O2/c1-13(2)12-16(18(24)22-10-8-21(3)9-11-22)20-17(23)14-4-6-15(19)7-5-14/h4-7,13,16H,8-12H2,1-3H3,(H,20,23)/t16-/m1/s1. The highest BCUT2D eigenvalue weighted by Crippen LogP contribution is 2.13. The lowest BCUT2D eigenvalue weighted by Gasteiger charge is -2.35. The third-order valence-electron chi connectivity index (χ3n) is 4.23. The van der Waals surface area contributed by atoms with Gasteiger partial charge in [0, 0.05) is 36.8 Å². The zero-order valence-corrected chi connectivity index (χ0v) is 15.3. The summed E-state index contributed by atoms with van der Waals surface area (Å²) in [6.45, 7) is 7.26. The van der Waals surface area contributed by atoms with E-state index in [1.54, 1.807) is 24.3 Å². The van der Waals surface area contributed by atoms with Crippen LogP contribution in [0.1, 0.15) is 30.6 Å². The lowest BCUT2D eigenvalue weighted by molar-refractivity contribution is -0.135. The van der Waals surface area contributed by atoms with Gasteiger partial charge in [0.2, 0.25) is 5.91 Å². The summed E-state index contributed by atoms with van der Waals surface area (Å²) in [7, 11) is 2.05. The molecular formula is C18H26ClN3O2. The molecule has 0 unspecified atom stereocenters. The first-order chi connectivity index (χ1) is 11.4. The molecule has 1 fully saturated rings. The molecule has 1 saturated heterocycles. The van der Waals surface area contributed by atoms with Crippen molar-refractivity contribution in [2.45, 2.75) is 26.3 Å². The van der Waals surface area contributed by atoms with Crippen molar-refractivity contribution in [1.29, 1.82) is 0 Å². The zero-order chi connectivity index (χ0) is 17.7. The molecule has 6 heteroatoms. The highest BCUT2D eigenvalue weighted by molar-refractivity contribution is 6.30. The van der Waals surface area contributed by atoms with Crippen LogP contribution in [0.5, 0.6) is 0 Å². The van der Waals surface area contributed by atoms with Gasteiger partial charge in [-0.25, -0.2) is 0 Å². The summed E-state index contributed by atoms with van der Waals surface area (Å²) in [5.74, 6) is 0.0934. The SMILES string of the molecule is CC(C)C[C@@H](NC(=O)c1ccc(Cl)cc1)C(=O)N1CCN(C)CC1. The Bertz CT molecular complexity index is 566. The number of hydrogen-bond donors (Lipinski definition) is 1. The molecule has 1 aromatic carbocycles. The third-order valence-corrected chi connectivity index (χ3v) is 4.48. The van der Waals surface area contributed by atoms with Crippen molar-refractivity contribution in [3.8, 4) is 0 Å². The van der Waals surface area contributed by atoms with Crippen LogP contribution in [0.25, 0.3) is 0 Å². The Hall–Kier alpha value is -1.59. The fraction of sp³-hybridized carbons (Fsp3) is 0.556. The van der Waals surface area contributed by atoms with Crippen LogP contribution in [0.2, 0.25) is 5.02 Å². The van der Waals surface area contributed by atoms with Crippen molar-refractivity contribution in [3.63, 3.8) is 0 Å². The Morgan fingerprint density at radius 2 is 1.71 bits per heavy atom. The summed E-state index contributed by atoms with van der Waals surface area (Å²) in [6.07, 6.45) is 0.629. The Morgan fingerprint density at radius 1 is 1.12 bits per heavy atom. The molecule has 2 amide bonds. The normalized spacial score (nSPS) is 17.0. The molecule has 1 N–H and O–H groups in total. The molecule has 1 aliphatic heterocycles. The molecule has 0 aromatic heterocycles. The Morgan fingerprint density at radius 3 is 2.25 bits per heavy atom. The van der Waals surface area contributed by atoms with Gasteiger partial charge >= 0.3 is 0 Å². The van der Waals surface area contributed by atoms with E-state index in [2.05, 4.69) is 31.1 Å². The van der Waals surface area contributed by atoms with Crippen LogP contribution in [0.15, 0.2) is 24.3 Å². The van der Waals surface area contributed by atoms with E-state index in [0.717, 1.165) is 13.1 Å². The summed E-state index contributed by atoms with van der Waals surface area (Å²) < 4.78 is 0. The summed E-state index contributed by atoms with van der Waals surface area (Å²) in [6, 6.07) is 6.21. The Kier molecular flexibility index (Phi) is 6.63. The van der Waals surface area contributed by atoms with Gasteiger partial charge in [0.05, 0.1) is 0 Å². The molecule has 132 valence electrons. The fourth-order valence-corrected chi connectivity index (χ4v) is 2.91. The number of hydrogen-bond acceptors (Lipinski definition) is 3. The maximum Gasteiger partial charge on any atom is 0.251 e. The first-order valence-corrected chi connectivity index (χ1v) is 8.78. The molecule has 0 bridgehead atoms. The molecule has 1 aliphatic rings. The van der Waals surface area contributed by atoms with Crippen LogP contribution < -0.4 is 5.32 Å². The number of nitrogens with zero attached hydrogens (tertiary/aromatic N) is 2. The van der Waals surface area contributed by atoms with Gasteiger partial charge in [0.25, 0.3) is 5.91 Å². The van der Waals surface area contributed by atoms with Crippen molar-refractivity contribution in [3.05, 3.63) is 34.9 Å². The summed E-state index contributed by atoms with van der Waals surface area (Å²) in [4.78, 5) is 29.3. The van der Waals surface area contributed by atoms with E-state index in [1.807, 2.05) is 4.90 Å². The number of amides is 2. The summed E-state index contributed by atoms with van der Waals surface area (Å²) in [5.41, 5.74) is 0.513. The number of piperazine rings is 1. The molecule has 1 atom stereocenters. The van der Waals surface area contributed by atoms with E-state index in [4.69, 9.17) is 11.6 Å². The van der Waals surface area contributed by atoms with Crippen LogP contribution in [-0.4, -0.2) is 60.9 Å². The monoisotopic (exact) mass is 351 g/mol. The van der Waals surface area contributed by atoms with Crippen LogP contribution in [0.4, 0.5) is 0 Å². The van der Waals surface area contributed by atoms with E-state index in [-0.39, 0.29) is 11.8 Å². The van der Waals surface area contributed by atoms with Gasteiger partial charge < -0.3 is 15.1 Å². The minimum Gasteiger partial charge on any atom is -0.340 e. The van der Waals surface area contributed by atoms with Crippen molar-refractivity contribution in [2.24, 2.45) is 5.92 Å².